The minimum Gasteiger partial charge on any atom is -0.329 e. The van der Waals surface area contributed by atoms with Gasteiger partial charge in [0.05, 0.1) is 0 Å². The molecule has 1 aromatic rings. The maximum Gasteiger partial charge on any atom is 0.0433 e. The molecule has 2 nitrogen and oxygen atoms in total. The van der Waals surface area contributed by atoms with Crippen LogP contribution < -0.4 is 11.1 Å². The van der Waals surface area contributed by atoms with Gasteiger partial charge in [-0.3, -0.25) is 0 Å². The van der Waals surface area contributed by atoms with Crippen molar-refractivity contribution in [3.05, 3.63) is 35.9 Å². The molecule has 1 saturated heterocycles. The summed E-state index contributed by atoms with van der Waals surface area (Å²) in [5, 5.41) is 4.36. The predicted molar refractivity (Wildman–Crippen MR) is 76.3 cm³/mol. The molecule has 0 spiro atoms. The number of hydrogen-bond donors (Lipinski definition) is 2. The summed E-state index contributed by atoms with van der Waals surface area (Å²) < 4.78 is 0. The monoisotopic (exact) mass is 250 g/mol. The first-order valence-electron chi connectivity index (χ1n) is 6.32. The molecule has 1 aliphatic rings. The van der Waals surface area contributed by atoms with Gasteiger partial charge in [0, 0.05) is 23.4 Å². The molecule has 2 rings (SSSR count). The number of nitrogens with one attached hydrogen (secondary N) is 1. The van der Waals surface area contributed by atoms with Crippen molar-refractivity contribution in [1.82, 2.24) is 5.32 Å². The molecule has 1 fully saturated rings. The molecule has 1 heterocycles. The van der Waals surface area contributed by atoms with Crippen LogP contribution in [0.15, 0.2) is 30.3 Å². The van der Waals surface area contributed by atoms with E-state index in [0.717, 1.165) is 6.54 Å². The zero-order chi connectivity index (χ0) is 12.3. The first kappa shape index (κ1) is 12.9. The van der Waals surface area contributed by atoms with E-state index in [1.165, 1.54) is 17.7 Å². The summed E-state index contributed by atoms with van der Waals surface area (Å²) in [7, 11) is 0. The van der Waals surface area contributed by atoms with E-state index in [4.69, 9.17) is 5.73 Å². The Hall–Kier alpha value is -0.510. The van der Waals surface area contributed by atoms with Crippen LogP contribution in [0.3, 0.4) is 0 Å². The van der Waals surface area contributed by atoms with E-state index < -0.39 is 0 Å². The highest BCUT2D eigenvalue weighted by Crippen LogP contribution is 2.36. The molecule has 0 aliphatic carbocycles. The quantitative estimate of drug-likeness (QED) is 0.862. The van der Waals surface area contributed by atoms with Gasteiger partial charge in [-0.05, 0) is 24.7 Å². The highest BCUT2D eigenvalue weighted by Gasteiger charge is 2.40. The Morgan fingerprint density at radius 2 is 2.18 bits per heavy atom. The number of rotatable bonds is 4. The van der Waals surface area contributed by atoms with Gasteiger partial charge in [-0.15, -0.1) is 0 Å². The van der Waals surface area contributed by atoms with Crippen LogP contribution in [-0.2, 0) is 0 Å². The van der Waals surface area contributed by atoms with Gasteiger partial charge in [-0.25, -0.2) is 0 Å². The predicted octanol–water partition coefficient (Wildman–Crippen LogP) is 2.56. The molecular weight excluding hydrogens is 228 g/mol. The van der Waals surface area contributed by atoms with Gasteiger partial charge in [0.1, 0.15) is 0 Å². The van der Waals surface area contributed by atoms with Crippen molar-refractivity contribution >= 4 is 11.8 Å². The zero-order valence-corrected chi connectivity index (χ0v) is 11.5. The van der Waals surface area contributed by atoms with Crippen LogP contribution in [0, 0.1) is 0 Å². The molecular formula is C14H22N2S. The van der Waals surface area contributed by atoms with E-state index >= 15 is 0 Å². The first-order valence-corrected chi connectivity index (χ1v) is 7.37. The number of nitrogens with two attached hydrogens (primary N) is 1. The minimum absolute atomic E-state index is 0.111. The highest BCUT2D eigenvalue weighted by atomic mass is 32.2. The Bertz CT molecular complexity index is 354. The molecule has 3 N–H and O–H groups in total. The van der Waals surface area contributed by atoms with E-state index in [0.29, 0.717) is 11.3 Å². The Morgan fingerprint density at radius 1 is 1.47 bits per heavy atom. The van der Waals surface area contributed by atoms with Crippen molar-refractivity contribution in [2.24, 2.45) is 5.73 Å². The molecule has 0 aromatic heterocycles. The third-order valence-electron chi connectivity index (χ3n) is 3.86. The second kappa shape index (κ2) is 5.42. The number of benzene rings is 1. The van der Waals surface area contributed by atoms with Gasteiger partial charge in [0.15, 0.2) is 0 Å². The largest absolute Gasteiger partial charge is 0.329 e. The van der Waals surface area contributed by atoms with Gasteiger partial charge in [-0.2, -0.15) is 11.8 Å². The summed E-state index contributed by atoms with van der Waals surface area (Å²) in [6.45, 7) is 5.23. The fourth-order valence-electron chi connectivity index (χ4n) is 2.55. The molecule has 3 heteroatoms. The molecule has 17 heavy (non-hydrogen) atoms. The van der Waals surface area contributed by atoms with Gasteiger partial charge >= 0.3 is 0 Å². The molecule has 3 atom stereocenters. The lowest BCUT2D eigenvalue weighted by atomic mass is 9.91. The summed E-state index contributed by atoms with van der Waals surface area (Å²) in [4.78, 5) is 0. The van der Waals surface area contributed by atoms with Crippen molar-refractivity contribution in [1.29, 1.82) is 0 Å². The van der Waals surface area contributed by atoms with Crippen LogP contribution in [0.4, 0.5) is 0 Å². The molecule has 0 amide bonds. The molecule has 1 aromatic carbocycles. The summed E-state index contributed by atoms with van der Waals surface area (Å²) in [5.74, 6) is 1.22. The third-order valence-corrected chi connectivity index (χ3v) is 5.25. The Labute approximate surface area is 108 Å². The SMILES string of the molecule is CC(NC1(CN)CCSC1C)c1ccccc1. The van der Waals surface area contributed by atoms with Crippen molar-refractivity contribution in [3.63, 3.8) is 0 Å². The van der Waals surface area contributed by atoms with Crippen LogP contribution >= 0.6 is 11.8 Å². The number of hydrogen-bond acceptors (Lipinski definition) is 3. The fourth-order valence-corrected chi connectivity index (χ4v) is 3.99. The van der Waals surface area contributed by atoms with Gasteiger partial charge in [0.2, 0.25) is 0 Å². The number of thioether (sulfide) groups is 1. The highest BCUT2D eigenvalue weighted by molar-refractivity contribution is 8.00. The van der Waals surface area contributed by atoms with Crippen molar-refractivity contribution < 1.29 is 0 Å². The zero-order valence-electron chi connectivity index (χ0n) is 10.6. The van der Waals surface area contributed by atoms with E-state index in [1.807, 2.05) is 11.8 Å². The van der Waals surface area contributed by atoms with Crippen LogP contribution in [0.2, 0.25) is 0 Å². The van der Waals surface area contributed by atoms with Gasteiger partial charge in [0.25, 0.3) is 0 Å². The second-order valence-corrected chi connectivity index (χ2v) is 6.35. The smallest absolute Gasteiger partial charge is 0.0433 e. The molecule has 1 aliphatic heterocycles. The Morgan fingerprint density at radius 3 is 2.71 bits per heavy atom. The fraction of sp³-hybridized carbons (Fsp3) is 0.571. The minimum atomic E-state index is 0.111. The summed E-state index contributed by atoms with van der Waals surface area (Å²) in [5.41, 5.74) is 7.46. The van der Waals surface area contributed by atoms with E-state index in [9.17, 15) is 0 Å². The van der Waals surface area contributed by atoms with Crippen LogP contribution in [-0.4, -0.2) is 23.1 Å². The van der Waals surface area contributed by atoms with E-state index in [1.54, 1.807) is 0 Å². The standard InChI is InChI=1S/C14H22N2S/c1-11(13-6-4-3-5-7-13)16-14(10-15)8-9-17-12(14)2/h3-7,11-12,16H,8-10,15H2,1-2H3. The molecule has 94 valence electrons. The van der Waals surface area contributed by atoms with Gasteiger partial charge < -0.3 is 11.1 Å². The molecule has 3 unspecified atom stereocenters. The molecule has 0 bridgehead atoms. The van der Waals surface area contributed by atoms with Crippen molar-refractivity contribution in [2.45, 2.75) is 37.1 Å². The van der Waals surface area contributed by atoms with Crippen LogP contribution in [0.5, 0.6) is 0 Å². The average molecular weight is 250 g/mol. The third kappa shape index (κ3) is 2.67. The Kier molecular flexibility index (Phi) is 4.13. The normalized spacial score (nSPS) is 30.4. The lowest BCUT2D eigenvalue weighted by Crippen LogP contribution is -2.55. The maximum absolute atomic E-state index is 6.01. The lowest BCUT2D eigenvalue weighted by Gasteiger charge is -2.36. The maximum atomic E-state index is 6.01. The van der Waals surface area contributed by atoms with Gasteiger partial charge in [-0.1, -0.05) is 37.3 Å². The summed E-state index contributed by atoms with van der Waals surface area (Å²) in [6, 6.07) is 11.0. The Balaban J connectivity index is 2.09. The van der Waals surface area contributed by atoms with Crippen molar-refractivity contribution in [3.8, 4) is 0 Å². The van der Waals surface area contributed by atoms with E-state index in [2.05, 4.69) is 49.5 Å². The average Bonchev–Trinajstić information content (AvgIpc) is 2.72. The first-order chi connectivity index (χ1) is 8.18. The second-order valence-electron chi connectivity index (χ2n) is 4.90. The van der Waals surface area contributed by atoms with Crippen LogP contribution in [0.25, 0.3) is 0 Å². The summed E-state index contributed by atoms with van der Waals surface area (Å²) in [6.07, 6.45) is 1.17. The van der Waals surface area contributed by atoms with Crippen LogP contribution in [0.1, 0.15) is 31.9 Å². The lowest BCUT2D eigenvalue weighted by molar-refractivity contribution is 0.301. The van der Waals surface area contributed by atoms with Crippen molar-refractivity contribution in [2.75, 3.05) is 12.3 Å². The summed E-state index contributed by atoms with van der Waals surface area (Å²) >= 11 is 2.02. The molecule has 0 radical (unpaired) electrons. The molecule has 0 saturated carbocycles. The van der Waals surface area contributed by atoms with E-state index in [-0.39, 0.29) is 5.54 Å². The topological polar surface area (TPSA) is 38.0 Å².